The van der Waals surface area contributed by atoms with Gasteiger partial charge in [-0.1, -0.05) is 6.92 Å². The third-order valence-corrected chi connectivity index (χ3v) is 2.92. The summed E-state index contributed by atoms with van der Waals surface area (Å²) in [5.74, 6) is 1.52. The van der Waals surface area contributed by atoms with Gasteiger partial charge < -0.3 is 15.1 Å². The van der Waals surface area contributed by atoms with Crippen LogP contribution in [0.4, 0.5) is 13.2 Å². The molecule has 0 aliphatic carbocycles. The fraction of sp³-hybridized carbons (Fsp3) is 0.667. The molecular formula is C15H25F3IN3O. The Morgan fingerprint density at radius 3 is 2.57 bits per heavy atom. The lowest BCUT2D eigenvalue weighted by Gasteiger charge is -2.12. The van der Waals surface area contributed by atoms with E-state index in [9.17, 15) is 13.2 Å². The number of nitrogens with one attached hydrogen (secondary N) is 2. The number of nitrogens with zero attached hydrogens (tertiary/aromatic N) is 1. The highest BCUT2D eigenvalue weighted by Gasteiger charge is 2.25. The number of hydrogen-bond acceptors (Lipinski definition) is 2. The number of halogens is 4. The monoisotopic (exact) mass is 447 g/mol. The van der Waals surface area contributed by atoms with Gasteiger partial charge in [0, 0.05) is 32.5 Å². The largest absolute Gasteiger partial charge is 0.469 e. The van der Waals surface area contributed by atoms with Crippen molar-refractivity contribution in [2.75, 3.05) is 19.6 Å². The van der Waals surface area contributed by atoms with Crippen LogP contribution in [-0.2, 0) is 6.42 Å². The molecule has 134 valence electrons. The number of alkyl halides is 3. The highest BCUT2D eigenvalue weighted by molar-refractivity contribution is 14.0. The SMILES string of the molecule is CCCN=C(NCCCCC(F)(F)F)NCCc1ccco1.I. The van der Waals surface area contributed by atoms with E-state index in [1.165, 1.54) is 0 Å². The maximum absolute atomic E-state index is 12.0. The van der Waals surface area contributed by atoms with E-state index in [0.717, 1.165) is 18.6 Å². The van der Waals surface area contributed by atoms with Crippen molar-refractivity contribution >= 4 is 29.9 Å². The van der Waals surface area contributed by atoms with E-state index in [-0.39, 0.29) is 30.4 Å². The van der Waals surface area contributed by atoms with E-state index in [1.54, 1.807) is 6.26 Å². The molecule has 0 saturated carbocycles. The average molecular weight is 447 g/mol. The van der Waals surface area contributed by atoms with Gasteiger partial charge in [-0.15, -0.1) is 24.0 Å². The molecule has 4 nitrogen and oxygen atoms in total. The van der Waals surface area contributed by atoms with E-state index in [4.69, 9.17) is 4.42 Å². The summed E-state index contributed by atoms with van der Waals surface area (Å²) in [6.45, 7) is 3.84. The zero-order valence-corrected chi connectivity index (χ0v) is 15.6. The van der Waals surface area contributed by atoms with Crippen molar-refractivity contribution in [1.29, 1.82) is 0 Å². The van der Waals surface area contributed by atoms with Crippen LogP contribution in [0.1, 0.15) is 38.4 Å². The van der Waals surface area contributed by atoms with Gasteiger partial charge in [0.05, 0.1) is 6.26 Å². The van der Waals surface area contributed by atoms with Crippen molar-refractivity contribution < 1.29 is 17.6 Å². The summed E-state index contributed by atoms with van der Waals surface area (Å²) in [4.78, 5) is 4.35. The predicted molar refractivity (Wildman–Crippen MR) is 96.3 cm³/mol. The molecule has 0 spiro atoms. The Labute approximate surface area is 152 Å². The Hall–Kier alpha value is -0.930. The third-order valence-electron chi connectivity index (χ3n) is 2.92. The topological polar surface area (TPSA) is 49.6 Å². The number of aliphatic imine (C=N–C) groups is 1. The third kappa shape index (κ3) is 12.2. The minimum absolute atomic E-state index is 0. The Morgan fingerprint density at radius 2 is 1.96 bits per heavy atom. The molecule has 1 aromatic heterocycles. The molecule has 0 aliphatic rings. The molecule has 0 saturated heterocycles. The van der Waals surface area contributed by atoms with Gasteiger partial charge in [0.15, 0.2) is 5.96 Å². The summed E-state index contributed by atoms with van der Waals surface area (Å²) in [5.41, 5.74) is 0. The number of unbranched alkanes of at least 4 members (excludes halogenated alkanes) is 1. The molecule has 0 aromatic carbocycles. The van der Waals surface area contributed by atoms with Gasteiger partial charge in [-0.2, -0.15) is 13.2 Å². The van der Waals surface area contributed by atoms with E-state index in [0.29, 0.717) is 32.0 Å². The Morgan fingerprint density at radius 1 is 1.22 bits per heavy atom. The minimum atomic E-state index is -4.07. The van der Waals surface area contributed by atoms with E-state index >= 15 is 0 Å². The molecule has 0 aliphatic heterocycles. The summed E-state index contributed by atoms with van der Waals surface area (Å²) in [6, 6.07) is 3.73. The first kappa shape index (κ1) is 22.1. The van der Waals surface area contributed by atoms with Gasteiger partial charge in [0.2, 0.25) is 0 Å². The van der Waals surface area contributed by atoms with Gasteiger partial charge >= 0.3 is 6.18 Å². The summed E-state index contributed by atoms with van der Waals surface area (Å²) in [7, 11) is 0. The quantitative estimate of drug-likeness (QED) is 0.259. The van der Waals surface area contributed by atoms with Gasteiger partial charge in [0.1, 0.15) is 5.76 Å². The normalized spacial score (nSPS) is 11.9. The van der Waals surface area contributed by atoms with Crippen LogP contribution < -0.4 is 10.6 Å². The molecule has 2 N–H and O–H groups in total. The van der Waals surface area contributed by atoms with E-state index in [2.05, 4.69) is 15.6 Å². The fourth-order valence-corrected chi connectivity index (χ4v) is 1.81. The minimum Gasteiger partial charge on any atom is -0.469 e. The van der Waals surface area contributed by atoms with Gasteiger partial charge in [0.25, 0.3) is 0 Å². The summed E-state index contributed by atoms with van der Waals surface area (Å²) in [6.07, 6.45) is -0.940. The molecule has 1 aromatic rings. The van der Waals surface area contributed by atoms with Crippen LogP contribution in [0, 0.1) is 0 Å². The second kappa shape index (κ2) is 12.5. The van der Waals surface area contributed by atoms with Crippen molar-refractivity contribution in [3.63, 3.8) is 0 Å². The summed E-state index contributed by atoms with van der Waals surface area (Å²) >= 11 is 0. The number of guanidine groups is 1. The predicted octanol–water partition coefficient (Wildman–Crippen LogP) is 4.12. The molecule has 23 heavy (non-hydrogen) atoms. The average Bonchev–Trinajstić information content (AvgIpc) is 2.95. The van der Waals surface area contributed by atoms with Gasteiger partial charge in [-0.25, -0.2) is 0 Å². The Balaban J connectivity index is 0.00000484. The first-order valence-corrected chi connectivity index (χ1v) is 7.62. The van der Waals surface area contributed by atoms with Crippen molar-refractivity contribution in [3.8, 4) is 0 Å². The van der Waals surface area contributed by atoms with E-state index in [1.807, 2.05) is 19.1 Å². The lowest BCUT2D eigenvalue weighted by molar-refractivity contribution is -0.135. The van der Waals surface area contributed by atoms with Crippen molar-refractivity contribution in [3.05, 3.63) is 24.2 Å². The lowest BCUT2D eigenvalue weighted by Crippen LogP contribution is -2.39. The highest BCUT2D eigenvalue weighted by Crippen LogP contribution is 2.21. The number of rotatable bonds is 9. The van der Waals surface area contributed by atoms with Crippen LogP contribution in [0.2, 0.25) is 0 Å². The molecule has 1 heterocycles. The molecule has 0 bridgehead atoms. The maximum Gasteiger partial charge on any atom is 0.389 e. The molecule has 1 rings (SSSR count). The van der Waals surface area contributed by atoms with Crippen molar-refractivity contribution in [2.45, 2.75) is 45.2 Å². The number of hydrogen-bond donors (Lipinski definition) is 2. The summed E-state index contributed by atoms with van der Waals surface area (Å²) in [5, 5.41) is 6.22. The zero-order chi connectivity index (χ0) is 16.3. The van der Waals surface area contributed by atoms with E-state index < -0.39 is 12.6 Å². The van der Waals surface area contributed by atoms with Crippen LogP contribution in [-0.4, -0.2) is 31.8 Å². The highest BCUT2D eigenvalue weighted by atomic mass is 127. The van der Waals surface area contributed by atoms with Crippen LogP contribution >= 0.6 is 24.0 Å². The number of furan rings is 1. The maximum atomic E-state index is 12.0. The standard InChI is InChI=1S/C15H24F3N3O.HI/c1-2-9-19-14(20-10-4-3-8-15(16,17)18)21-11-7-13-6-5-12-22-13;/h5-6,12H,2-4,7-11H2,1H3,(H2,19,20,21);1H. The van der Waals surface area contributed by atoms with Crippen molar-refractivity contribution in [1.82, 2.24) is 10.6 Å². The molecule has 0 radical (unpaired) electrons. The fourth-order valence-electron chi connectivity index (χ4n) is 1.81. The zero-order valence-electron chi connectivity index (χ0n) is 13.3. The van der Waals surface area contributed by atoms with Crippen molar-refractivity contribution in [2.24, 2.45) is 4.99 Å². The summed E-state index contributed by atoms with van der Waals surface area (Å²) < 4.78 is 41.4. The first-order valence-electron chi connectivity index (χ1n) is 7.62. The second-order valence-electron chi connectivity index (χ2n) is 4.99. The Bertz CT molecular complexity index is 422. The molecule has 8 heteroatoms. The second-order valence-corrected chi connectivity index (χ2v) is 4.99. The molecule has 0 unspecified atom stereocenters. The first-order chi connectivity index (χ1) is 10.5. The molecule has 0 fully saturated rings. The van der Waals surface area contributed by atoms with Crippen LogP contribution in [0.15, 0.2) is 27.8 Å². The smallest absolute Gasteiger partial charge is 0.389 e. The van der Waals surface area contributed by atoms with Crippen LogP contribution in [0.3, 0.4) is 0 Å². The van der Waals surface area contributed by atoms with Crippen LogP contribution in [0.25, 0.3) is 0 Å². The van der Waals surface area contributed by atoms with Crippen LogP contribution in [0.5, 0.6) is 0 Å². The van der Waals surface area contributed by atoms with Gasteiger partial charge in [-0.05, 0) is 31.4 Å². The van der Waals surface area contributed by atoms with Gasteiger partial charge in [-0.3, -0.25) is 4.99 Å². The molecule has 0 atom stereocenters. The lowest BCUT2D eigenvalue weighted by atomic mass is 10.2. The Kier molecular flexibility index (Phi) is 12.0. The molecule has 0 amide bonds. The molecular weight excluding hydrogens is 422 g/mol.